The fourth-order valence-corrected chi connectivity index (χ4v) is 25.6. The maximum atomic E-state index is 11.0. The highest BCUT2D eigenvalue weighted by atomic mass is 16.5. The molecule has 0 spiro atoms. The van der Waals surface area contributed by atoms with E-state index in [9.17, 15) is 19.2 Å². The molecule has 11 heteroatoms. The van der Waals surface area contributed by atoms with Crippen molar-refractivity contribution in [3.63, 3.8) is 0 Å². The van der Waals surface area contributed by atoms with Crippen LogP contribution < -0.4 is 0 Å². The second kappa shape index (κ2) is 57.9. The van der Waals surface area contributed by atoms with Gasteiger partial charge in [0.15, 0.2) is 0 Å². The van der Waals surface area contributed by atoms with Gasteiger partial charge >= 0.3 is 23.9 Å². The van der Waals surface area contributed by atoms with Crippen LogP contribution in [0.2, 0.25) is 0 Å². The highest BCUT2D eigenvalue weighted by Gasteiger charge is 2.44. The third-order valence-corrected chi connectivity index (χ3v) is 35.8. The third-order valence-electron chi connectivity index (χ3n) is 35.8. The second-order valence-corrected chi connectivity index (χ2v) is 60.1. The molecule has 136 heavy (non-hydrogen) atoms. The van der Waals surface area contributed by atoms with E-state index in [1.165, 1.54) is 193 Å². The summed E-state index contributed by atoms with van der Waals surface area (Å²) in [5, 5.41) is 44.6. The van der Waals surface area contributed by atoms with Gasteiger partial charge in [-0.3, -0.25) is 19.2 Å². The van der Waals surface area contributed by atoms with E-state index < -0.39 is 17.9 Å². The Labute approximate surface area is 847 Å². The molecule has 11 fully saturated rings. The maximum absolute atomic E-state index is 11.0. The highest BCUT2D eigenvalue weighted by Crippen LogP contribution is 2.53. The molecular formula is C125H233N3O8. The summed E-state index contributed by atoms with van der Waals surface area (Å²) >= 11 is 0. The minimum atomic E-state index is -0.604. The first-order valence-electron chi connectivity index (χ1n) is 56.9. The molecule has 10 unspecified atom stereocenters. The summed E-state index contributed by atoms with van der Waals surface area (Å²) in [6, 6.07) is 5.20. The van der Waals surface area contributed by atoms with Gasteiger partial charge in [0.1, 0.15) is 6.10 Å². The topological polar surface area (TPSA) is 190 Å². The summed E-state index contributed by atoms with van der Waals surface area (Å²) in [5.74, 6) is 6.94. The van der Waals surface area contributed by atoms with Gasteiger partial charge in [0, 0.05) is 31.6 Å². The zero-order valence-corrected chi connectivity index (χ0v) is 98.1. The number of carboxylic acids is 3. The van der Waals surface area contributed by atoms with Crippen LogP contribution in [0.5, 0.6) is 0 Å². The molecule has 11 rings (SSSR count). The van der Waals surface area contributed by atoms with E-state index in [4.69, 9.17) is 37.2 Å². The van der Waals surface area contributed by atoms with Crippen molar-refractivity contribution in [3.05, 3.63) is 11.4 Å². The number of ether oxygens (including phenoxy) is 1. The molecule has 0 aromatic rings. The van der Waals surface area contributed by atoms with Gasteiger partial charge in [-0.15, -0.1) is 0 Å². The normalized spacial score (nSPS) is 29.3. The third kappa shape index (κ3) is 52.7. The molecule has 0 aliphatic heterocycles. The standard InChI is InChI=1S/C12H22O2.3C12H24.3C11H19N.3C11H20O2.C11H22/c1-9(13)14-11-7-5-10(6-8-11)12(2,3)4;1-11(2,3)10-6-8-12(4,5)9-7-10;1-11(2,3)10-7-6-8-12(4,5)9-10;1-11(2,3)10-8-6-7-9-12(10,4)5;1-11(2,3)9-5-7-10(12-4)8-6-9;1-11(2,3)10-6-4-5-9(7-10)8-12;1-11(2,3)10-7-5-4-6-9(10)8-12;1-11(2,3)9-6-4-8(5-7-9)10(12)13;1-11(2,3)9-6-4-5-8(7-9)10(12)13;1-11(2,3)9-7-5-4-6-8(9)10(12)13;1-11(2,3)10-8-6-4-5-7-9-10/h10-11H,5-8H2,1-4H3;3*10H,6-9H2,1-5H3;9-10H,5-8H2,1-3H3;2*9-10H,4-7H2,1-3H3;3*8-9H,4-7H2,1-3H3,(H,12,13);10H,4-9H2,1-3H3. The summed E-state index contributed by atoms with van der Waals surface area (Å²) in [4.78, 5) is 46.9. The van der Waals surface area contributed by atoms with Gasteiger partial charge in [0.25, 0.3) is 0 Å². The van der Waals surface area contributed by atoms with Crippen LogP contribution >= 0.6 is 0 Å². The highest BCUT2D eigenvalue weighted by molar-refractivity contribution is 5.71. The van der Waals surface area contributed by atoms with Crippen molar-refractivity contribution in [1.82, 2.24) is 0 Å². The van der Waals surface area contributed by atoms with Crippen LogP contribution in [-0.2, 0) is 23.9 Å². The molecule has 0 aromatic carbocycles. The van der Waals surface area contributed by atoms with Crippen molar-refractivity contribution >= 4 is 23.9 Å². The fourth-order valence-electron chi connectivity index (χ4n) is 25.6. The average molecular weight is 1910 g/mol. The van der Waals surface area contributed by atoms with Gasteiger partial charge < -0.3 is 24.9 Å². The molecule has 10 atom stereocenters. The summed E-state index contributed by atoms with van der Waals surface area (Å²) in [7, 11) is 0. The van der Waals surface area contributed by atoms with Crippen molar-refractivity contribution < 1.29 is 39.2 Å². The minimum Gasteiger partial charge on any atom is -0.481 e. The smallest absolute Gasteiger partial charge is 0.306 e. The van der Waals surface area contributed by atoms with Crippen molar-refractivity contribution in [3.8, 4) is 12.1 Å². The average Bonchev–Trinajstić information content (AvgIpc) is 0.836. The van der Waals surface area contributed by atoms with Crippen LogP contribution in [0.4, 0.5) is 0 Å². The van der Waals surface area contributed by atoms with Crippen molar-refractivity contribution in [1.29, 1.82) is 10.5 Å². The van der Waals surface area contributed by atoms with Gasteiger partial charge in [-0.05, 0) is 340 Å². The van der Waals surface area contributed by atoms with E-state index in [0.717, 1.165) is 151 Å². The van der Waals surface area contributed by atoms with E-state index in [1.54, 1.807) is 0 Å². The lowest BCUT2D eigenvalue weighted by Gasteiger charge is -2.46. The van der Waals surface area contributed by atoms with Crippen LogP contribution in [0.25, 0.3) is 4.85 Å². The summed E-state index contributed by atoms with van der Waals surface area (Å²) in [5.41, 5.74) is 6.28. The van der Waals surface area contributed by atoms with Crippen LogP contribution in [0, 0.1) is 200 Å². The number of hydrogen-bond donors (Lipinski definition) is 3. The fraction of sp³-hybridized carbons (Fsp3) is 0.944. The van der Waals surface area contributed by atoms with E-state index in [1.807, 2.05) is 0 Å². The number of hydrogen-bond acceptors (Lipinski definition) is 7. The number of nitrogens with zero attached hydrogens (tertiary/aromatic N) is 3. The Morgan fingerprint density at radius 3 is 1.01 bits per heavy atom. The molecule has 3 N–H and O–H groups in total. The van der Waals surface area contributed by atoms with Crippen molar-refractivity contribution in [2.45, 2.75) is 584 Å². The monoisotopic (exact) mass is 1900 g/mol. The SMILES string of the molecule is CC(=O)OC1CCC(C(C)(C)C)CC1.CC(C)(C)C1CCC(C(=O)O)CC1.CC(C)(C)C1CCCC(C#N)C1.CC(C)(C)C1CCCC(C(=O)O)C1.CC(C)(C)C1CCCCC1(C)C.CC(C)(C)C1CCCCC1C#N.CC(C)(C)C1CCCCC1C(=O)O.CC(C)(C)C1CCCCCC1.CC1(C)CCC(C(C)(C)C)CC1.CC1(C)CCCC(C(C)(C)C)C1.[C-]#[N+]C1CCC(C(C)(C)C)CC1. The Hall–Kier alpha value is -3.65. The number of carbonyl (C=O) groups excluding carboxylic acids is 1. The van der Waals surface area contributed by atoms with E-state index in [2.05, 4.69) is 287 Å². The number of carboxylic acid groups (broad SMARTS) is 3. The predicted octanol–water partition coefficient (Wildman–Crippen LogP) is 38.9. The van der Waals surface area contributed by atoms with E-state index in [0.29, 0.717) is 107 Å². The van der Waals surface area contributed by atoms with Gasteiger partial charge in [-0.1, -0.05) is 353 Å². The van der Waals surface area contributed by atoms with E-state index >= 15 is 0 Å². The maximum Gasteiger partial charge on any atom is 0.306 e. The number of aliphatic carboxylic acids is 3. The molecule has 0 radical (unpaired) electrons. The van der Waals surface area contributed by atoms with E-state index in [-0.39, 0.29) is 40.7 Å². The molecule has 11 nitrogen and oxygen atoms in total. The first-order valence-corrected chi connectivity index (χ1v) is 56.9. The Morgan fingerprint density at radius 1 is 0.309 bits per heavy atom. The number of carbonyl (C=O) groups is 4. The number of rotatable bonds is 4. The molecule has 0 bridgehead atoms. The molecular weight excluding hydrogens is 1670 g/mol. The minimum absolute atomic E-state index is 0.0707. The van der Waals surface area contributed by atoms with Crippen LogP contribution in [0.3, 0.4) is 0 Å². The van der Waals surface area contributed by atoms with Crippen LogP contribution in [0.15, 0.2) is 0 Å². The Morgan fingerprint density at radius 2 is 0.669 bits per heavy atom. The first kappa shape index (κ1) is 130. The molecule has 11 aliphatic carbocycles. The van der Waals surface area contributed by atoms with Gasteiger partial charge in [0.2, 0.25) is 6.04 Å². The molecule has 796 valence electrons. The lowest BCUT2D eigenvalue weighted by Crippen LogP contribution is -2.36. The lowest BCUT2D eigenvalue weighted by molar-refractivity contribution is -0.149. The largest absolute Gasteiger partial charge is 0.481 e. The Kier molecular flexibility index (Phi) is 55.5. The summed E-state index contributed by atoms with van der Waals surface area (Å²) < 4.78 is 5.21. The number of nitriles is 2. The molecule has 0 heterocycles. The molecule has 0 aromatic heterocycles. The molecule has 0 saturated heterocycles. The van der Waals surface area contributed by atoms with Crippen molar-refractivity contribution in [2.75, 3.05) is 0 Å². The molecule has 11 aliphatic rings. The number of esters is 1. The second-order valence-electron chi connectivity index (χ2n) is 60.1. The zero-order chi connectivity index (χ0) is 105. The lowest BCUT2D eigenvalue weighted by atomic mass is 9.59. The Balaban J connectivity index is 0.000000748. The predicted molar refractivity (Wildman–Crippen MR) is 584 cm³/mol. The van der Waals surface area contributed by atoms with Crippen LogP contribution in [0.1, 0.15) is 572 Å². The Bertz CT molecular complexity index is 3410. The van der Waals surface area contributed by atoms with Crippen molar-refractivity contribution in [2.24, 2.45) is 170 Å². The van der Waals surface area contributed by atoms with Gasteiger partial charge in [-0.25, -0.2) is 6.57 Å². The van der Waals surface area contributed by atoms with Gasteiger partial charge in [-0.2, -0.15) is 10.5 Å². The first-order chi connectivity index (χ1) is 61.8. The van der Waals surface area contributed by atoms with Crippen LogP contribution in [-0.4, -0.2) is 51.3 Å². The molecule has 0 amide bonds. The van der Waals surface area contributed by atoms with Gasteiger partial charge in [0.05, 0.1) is 29.9 Å². The summed E-state index contributed by atoms with van der Waals surface area (Å²) in [6.45, 7) is 99.0. The summed E-state index contributed by atoms with van der Waals surface area (Å²) in [6.07, 6.45) is 57.5. The molecule has 11 saturated carbocycles. The quantitative estimate of drug-likeness (QED) is 0.139. The zero-order valence-electron chi connectivity index (χ0n) is 98.1.